The van der Waals surface area contributed by atoms with Gasteiger partial charge in [-0.25, -0.2) is 9.13 Å². The molecule has 0 aliphatic rings. The number of carbonyl (C=O) groups excluding carboxylic acids is 2. The van der Waals surface area contributed by atoms with Crippen LogP contribution in [-0.2, 0) is 27.8 Å². The van der Waals surface area contributed by atoms with Crippen molar-refractivity contribution in [3.8, 4) is 0 Å². The molecule has 0 spiro atoms. The highest BCUT2D eigenvalue weighted by Crippen LogP contribution is 2.36. The maximum absolute atomic E-state index is 10.4. The SMILES string of the molecule is O=C(CCCO)OP(=O)(O)O.O=C(CCCO)OP(=O)(O)O. The molecule has 0 saturated heterocycles. The Kier molecular flexibility index (Phi) is 12.4. The summed E-state index contributed by atoms with van der Waals surface area (Å²) in [6.45, 7) is -0.424. The standard InChI is InChI=1S/2C4H9O6P/c2*5-3-1-2-4(6)10-11(7,8)9/h2*5H,1-3H2,(H2,7,8,9). The lowest BCUT2D eigenvalue weighted by molar-refractivity contribution is -0.137. The Bertz CT molecular complexity index is 383. The van der Waals surface area contributed by atoms with Gasteiger partial charge in [0, 0.05) is 26.1 Å². The van der Waals surface area contributed by atoms with Gasteiger partial charge in [0.1, 0.15) is 0 Å². The third kappa shape index (κ3) is 21.5. The number of phosphoric acid groups is 2. The van der Waals surface area contributed by atoms with E-state index in [-0.39, 0.29) is 38.9 Å². The first-order chi connectivity index (χ1) is 9.91. The molecule has 14 heteroatoms. The fourth-order valence-corrected chi connectivity index (χ4v) is 1.52. The van der Waals surface area contributed by atoms with Crippen molar-refractivity contribution in [3.63, 3.8) is 0 Å². The van der Waals surface area contributed by atoms with Crippen molar-refractivity contribution in [3.05, 3.63) is 0 Å². The van der Waals surface area contributed by atoms with E-state index in [1.807, 2.05) is 0 Å². The molecular weight excluding hydrogens is 350 g/mol. The molecule has 0 aromatic rings. The van der Waals surface area contributed by atoms with Crippen molar-refractivity contribution < 1.29 is 57.6 Å². The summed E-state index contributed by atoms with van der Waals surface area (Å²) in [4.78, 5) is 53.2. The van der Waals surface area contributed by atoms with E-state index in [1.54, 1.807) is 0 Å². The van der Waals surface area contributed by atoms with Crippen molar-refractivity contribution in [1.82, 2.24) is 0 Å². The molecular formula is C8H18O12P2. The van der Waals surface area contributed by atoms with Crippen molar-refractivity contribution in [2.75, 3.05) is 13.2 Å². The number of hydrogen-bond acceptors (Lipinski definition) is 8. The van der Waals surface area contributed by atoms with Crippen LogP contribution in [-0.4, -0.2) is 54.9 Å². The van der Waals surface area contributed by atoms with E-state index in [1.165, 1.54) is 0 Å². The van der Waals surface area contributed by atoms with Gasteiger partial charge in [0.25, 0.3) is 0 Å². The summed E-state index contributed by atoms with van der Waals surface area (Å²) < 4.78 is 27.3. The number of aliphatic hydroxyl groups excluding tert-OH is 2. The van der Waals surface area contributed by atoms with E-state index < -0.39 is 27.6 Å². The van der Waals surface area contributed by atoms with Gasteiger partial charge in [0.15, 0.2) is 0 Å². The minimum Gasteiger partial charge on any atom is -0.396 e. The van der Waals surface area contributed by atoms with E-state index in [2.05, 4.69) is 9.05 Å². The van der Waals surface area contributed by atoms with Crippen LogP contribution in [0.3, 0.4) is 0 Å². The molecule has 0 amide bonds. The van der Waals surface area contributed by atoms with E-state index in [0.29, 0.717) is 0 Å². The summed E-state index contributed by atoms with van der Waals surface area (Å²) in [7, 11) is -9.39. The molecule has 0 rings (SSSR count). The third-order valence-electron chi connectivity index (χ3n) is 1.52. The van der Waals surface area contributed by atoms with Gasteiger partial charge in [-0.05, 0) is 12.8 Å². The first-order valence-electron chi connectivity index (χ1n) is 5.69. The normalized spacial score (nSPS) is 11.2. The Hall–Kier alpha value is -0.840. The summed E-state index contributed by atoms with van der Waals surface area (Å²) in [6.07, 6.45) is -0.110. The van der Waals surface area contributed by atoms with Crippen LogP contribution < -0.4 is 0 Å². The fourth-order valence-electron chi connectivity index (χ4n) is 0.803. The first-order valence-corrected chi connectivity index (χ1v) is 8.75. The highest BCUT2D eigenvalue weighted by atomic mass is 31.2. The number of rotatable bonds is 8. The summed E-state index contributed by atoms with van der Waals surface area (Å²) >= 11 is 0. The largest absolute Gasteiger partial charge is 0.526 e. The van der Waals surface area contributed by atoms with Gasteiger partial charge in [-0.2, -0.15) is 0 Å². The number of hydrogen-bond donors (Lipinski definition) is 6. The van der Waals surface area contributed by atoms with Crippen LogP contribution in [0.2, 0.25) is 0 Å². The lowest BCUT2D eigenvalue weighted by atomic mass is 10.3. The predicted octanol–water partition coefficient (Wildman–Crippen LogP) is -1.21. The monoisotopic (exact) mass is 368 g/mol. The Morgan fingerprint density at radius 3 is 1.18 bits per heavy atom. The lowest BCUT2D eigenvalue weighted by Crippen LogP contribution is -2.02. The smallest absolute Gasteiger partial charge is 0.396 e. The summed E-state index contributed by atoms with van der Waals surface area (Å²) in [5.74, 6) is -2.01. The van der Waals surface area contributed by atoms with Crippen molar-refractivity contribution in [2.45, 2.75) is 25.7 Å². The molecule has 0 fully saturated rings. The molecule has 0 radical (unpaired) electrons. The second-order valence-corrected chi connectivity index (χ2v) is 5.89. The predicted molar refractivity (Wildman–Crippen MR) is 68.9 cm³/mol. The number of carbonyl (C=O) groups is 2. The van der Waals surface area contributed by atoms with E-state index in [0.717, 1.165) is 0 Å². The van der Waals surface area contributed by atoms with Crippen molar-refractivity contribution in [1.29, 1.82) is 0 Å². The van der Waals surface area contributed by atoms with E-state index in [9.17, 15) is 18.7 Å². The lowest BCUT2D eigenvalue weighted by Gasteiger charge is -2.03. The zero-order valence-electron chi connectivity index (χ0n) is 11.3. The van der Waals surface area contributed by atoms with Crippen LogP contribution in [0, 0.1) is 0 Å². The van der Waals surface area contributed by atoms with Crippen LogP contribution in [0.15, 0.2) is 0 Å². The van der Waals surface area contributed by atoms with Crippen molar-refractivity contribution in [2.24, 2.45) is 0 Å². The zero-order valence-corrected chi connectivity index (χ0v) is 13.1. The maximum Gasteiger partial charge on any atom is 0.526 e. The van der Waals surface area contributed by atoms with E-state index in [4.69, 9.17) is 29.8 Å². The Labute approximate surface area is 125 Å². The average Bonchev–Trinajstić information content (AvgIpc) is 2.30. The Morgan fingerprint density at radius 2 is 1.00 bits per heavy atom. The van der Waals surface area contributed by atoms with Crippen LogP contribution in [0.4, 0.5) is 0 Å². The molecule has 0 aliphatic carbocycles. The molecule has 0 aromatic carbocycles. The minimum absolute atomic E-state index is 0.138. The quantitative estimate of drug-likeness (QED) is 0.279. The molecule has 22 heavy (non-hydrogen) atoms. The molecule has 132 valence electrons. The second kappa shape index (κ2) is 11.7. The first kappa shape index (κ1) is 23.4. The molecule has 12 nitrogen and oxygen atoms in total. The van der Waals surface area contributed by atoms with E-state index >= 15 is 0 Å². The third-order valence-corrected chi connectivity index (χ3v) is 2.40. The van der Waals surface area contributed by atoms with Crippen LogP contribution in [0.25, 0.3) is 0 Å². The highest BCUT2D eigenvalue weighted by molar-refractivity contribution is 7.47. The Balaban J connectivity index is 0. The number of phosphoric ester groups is 2. The minimum atomic E-state index is -4.69. The highest BCUT2D eigenvalue weighted by Gasteiger charge is 2.20. The fraction of sp³-hybridized carbons (Fsp3) is 0.750. The van der Waals surface area contributed by atoms with Gasteiger partial charge in [-0.3, -0.25) is 29.2 Å². The molecule has 0 bridgehead atoms. The summed E-state index contributed by atoms with van der Waals surface area (Å²) in [5, 5.41) is 16.4. The zero-order chi connectivity index (χ0) is 17.8. The van der Waals surface area contributed by atoms with Gasteiger partial charge in [-0.15, -0.1) is 0 Å². The molecule has 0 aromatic heterocycles. The summed E-state index contributed by atoms with van der Waals surface area (Å²) in [5.41, 5.74) is 0. The van der Waals surface area contributed by atoms with Gasteiger partial charge in [0.2, 0.25) is 0 Å². The topological polar surface area (TPSA) is 208 Å². The Morgan fingerprint density at radius 1 is 0.727 bits per heavy atom. The molecule has 0 aliphatic heterocycles. The summed E-state index contributed by atoms with van der Waals surface area (Å²) in [6, 6.07) is 0. The molecule has 0 saturated carbocycles. The van der Waals surface area contributed by atoms with Gasteiger partial charge < -0.3 is 19.3 Å². The second-order valence-electron chi connectivity index (χ2n) is 3.56. The number of aliphatic hydroxyl groups is 2. The van der Waals surface area contributed by atoms with Crippen LogP contribution in [0.1, 0.15) is 25.7 Å². The maximum atomic E-state index is 10.4. The molecule has 0 unspecified atom stereocenters. The van der Waals surface area contributed by atoms with Crippen molar-refractivity contribution >= 4 is 27.6 Å². The van der Waals surface area contributed by atoms with Crippen LogP contribution >= 0.6 is 15.6 Å². The molecule has 0 heterocycles. The van der Waals surface area contributed by atoms with Gasteiger partial charge in [-0.1, -0.05) is 0 Å². The average molecular weight is 368 g/mol. The molecule has 6 N–H and O–H groups in total. The van der Waals surface area contributed by atoms with Gasteiger partial charge in [0.05, 0.1) is 0 Å². The molecule has 0 atom stereocenters. The van der Waals surface area contributed by atoms with Gasteiger partial charge >= 0.3 is 27.6 Å². The van der Waals surface area contributed by atoms with Crippen LogP contribution in [0.5, 0.6) is 0 Å².